The predicted molar refractivity (Wildman–Crippen MR) is 232 cm³/mol. The lowest BCUT2D eigenvalue weighted by Crippen LogP contribution is -1.94. The van der Waals surface area contributed by atoms with E-state index in [-0.39, 0.29) is 0 Å². The van der Waals surface area contributed by atoms with Gasteiger partial charge in [-0.3, -0.25) is 0 Å². The fourth-order valence-corrected chi connectivity index (χ4v) is 8.50. The van der Waals surface area contributed by atoms with Crippen molar-refractivity contribution in [2.24, 2.45) is 0 Å². The van der Waals surface area contributed by atoms with Gasteiger partial charge >= 0.3 is 0 Å². The largest absolute Gasteiger partial charge is 0.0622 e. The standard InChI is InChI=1S/C54H36/c1-4-18-37(19-5-1)42-24-10-11-25-44(42)45-26-12-13-27-46(45)54-43(38-20-6-2-7-21-38)35-34-39-32-33-41(36-51(39)54)53-49-30-16-14-28-47(49)52(40-22-8-3-9-23-40)48-29-15-17-31-50(48)53/h1-36H. The lowest BCUT2D eigenvalue weighted by molar-refractivity contribution is 1.56. The van der Waals surface area contributed by atoms with E-state index in [0.717, 1.165) is 0 Å². The molecule has 0 bridgehead atoms. The Bertz CT molecular complexity index is 2900. The van der Waals surface area contributed by atoms with Crippen molar-refractivity contribution >= 4 is 32.3 Å². The first kappa shape index (κ1) is 31.7. The molecule has 0 saturated carbocycles. The van der Waals surface area contributed by atoms with Gasteiger partial charge in [-0.1, -0.05) is 212 Å². The van der Waals surface area contributed by atoms with E-state index in [2.05, 4.69) is 218 Å². The highest BCUT2D eigenvalue weighted by Gasteiger charge is 2.20. The second kappa shape index (κ2) is 13.5. The Morgan fingerprint density at radius 3 is 1.13 bits per heavy atom. The van der Waals surface area contributed by atoms with E-state index in [1.165, 1.54) is 99.1 Å². The van der Waals surface area contributed by atoms with Crippen molar-refractivity contribution in [1.82, 2.24) is 0 Å². The highest BCUT2D eigenvalue weighted by molar-refractivity contribution is 6.22. The van der Waals surface area contributed by atoms with Crippen LogP contribution < -0.4 is 0 Å². The molecule has 0 nitrogen and oxygen atoms in total. The van der Waals surface area contributed by atoms with Crippen molar-refractivity contribution in [1.29, 1.82) is 0 Å². The normalized spacial score (nSPS) is 11.3. The van der Waals surface area contributed by atoms with Crippen LogP contribution in [0.1, 0.15) is 0 Å². The smallest absolute Gasteiger partial charge is 0.00204 e. The van der Waals surface area contributed by atoms with E-state index < -0.39 is 0 Å². The molecule has 0 amide bonds. The van der Waals surface area contributed by atoms with Gasteiger partial charge in [0.25, 0.3) is 0 Å². The summed E-state index contributed by atoms with van der Waals surface area (Å²) in [6.45, 7) is 0. The Morgan fingerprint density at radius 2 is 0.574 bits per heavy atom. The first-order chi connectivity index (χ1) is 26.8. The zero-order valence-corrected chi connectivity index (χ0v) is 29.8. The lowest BCUT2D eigenvalue weighted by Gasteiger charge is -2.21. The summed E-state index contributed by atoms with van der Waals surface area (Å²) < 4.78 is 0. The van der Waals surface area contributed by atoms with Gasteiger partial charge in [-0.2, -0.15) is 0 Å². The summed E-state index contributed by atoms with van der Waals surface area (Å²) >= 11 is 0. The molecule has 10 rings (SSSR count). The molecular weight excluding hydrogens is 649 g/mol. The minimum absolute atomic E-state index is 1.20. The van der Waals surface area contributed by atoms with E-state index in [1.807, 2.05) is 0 Å². The molecule has 0 N–H and O–H groups in total. The van der Waals surface area contributed by atoms with Gasteiger partial charge in [0.1, 0.15) is 0 Å². The molecule has 0 fully saturated rings. The molecule has 0 heterocycles. The molecule has 0 aliphatic carbocycles. The highest BCUT2D eigenvalue weighted by Crippen LogP contribution is 2.48. The van der Waals surface area contributed by atoms with Crippen molar-refractivity contribution in [2.75, 3.05) is 0 Å². The number of fused-ring (bicyclic) bond motifs is 3. The van der Waals surface area contributed by atoms with Crippen LogP contribution in [0.4, 0.5) is 0 Å². The molecule has 0 aliphatic heterocycles. The Kier molecular flexibility index (Phi) is 7.93. The molecule has 0 unspecified atom stereocenters. The molecule has 10 aromatic rings. The third-order valence-corrected chi connectivity index (χ3v) is 10.9. The van der Waals surface area contributed by atoms with E-state index >= 15 is 0 Å². The minimum atomic E-state index is 1.20. The van der Waals surface area contributed by atoms with Crippen LogP contribution in [0.5, 0.6) is 0 Å². The summed E-state index contributed by atoms with van der Waals surface area (Å²) in [7, 11) is 0. The summed E-state index contributed by atoms with van der Waals surface area (Å²) in [5, 5.41) is 7.49. The summed E-state index contributed by atoms with van der Waals surface area (Å²) in [6, 6.07) is 79.8. The summed E-state index contributed by atoms with van der Waals surface area (Å²) in [5.74, 6) is 0. The van der Waals surface area contributed by atoms with Crippen LogP contribution in [0.2, 0.25) is 0 Å². The third kappa shape index (κ3) is 5.40. The van der Waals surface area contributed by atoms with Crippen molar-refractivity contribution in [3.05, 3.63) is 218 Å². The van der Waals surface area contributed by atoms with Gasteiger partial charge in [0, 0.05) is 0 Å². The SMILES string of the molecule is c1ccc(-c2ccccc2-c2ccccc2-c2c(-c3ccccc3)ccc3ccc(-c4c5ccccc5c(-c5ccccc5)c5ccccc45)cc23)cc1. The van der Waals surface area contributed by atoms with Gasteiger partial charge < -0.3 is 0 Å². The van der Waals surface area contributed by atoms with Crippen LogP contribution in [-0.4, -0.2) is 0 Å². The zero-order valence-electron chi connectivity index (χ0n) is 29.8. The Balaban J connectivity index is 1.29. The fourth-order valence-electron chi connectivity index (χ4n) is 8.50. The van der Waals surface area contributed by atoms with Gasteiger partial charge in [-0.25, -0.2) is 0 Å². The number of hydrogen-bond donors (Lipinski definition) is 0. The van der Waals surface area contributed by atoms with Gasteiger partial charge in [-0.05, 0) is 105 Å². The first-order valence-electron chi connectivity index (χ1n) is 18.7. The molecule has 54 heavy (non-hydrogen) atoms. The van der Waals surface area contributed by atoms with Crippen LogP contribution in [-0.2, 0) is 0 Å². The number of rotatable bonds is 6. The third-order valence-electron chi connectivity index (χ3n) is 10.9. The molecule has 0 aliphatic rings. The molecule has 0 saturated heterocycles. The van der Waals surface area contributed by atoms with Crippen LogP contribution in [0, 0.1) is 0 Å². The van der Waals surface area contributed by atoms with Gasteiger partial charge in [0.2, 0.25) is 0 Å². The average Bonchev–Trinajstić information content (AvgIpc) is 3.26. The zero-order chi connectivity index (χ0) is 35.8. The fraction of sp³-hybridized carbons (Fsp3) is 0. The molecule has 0 aromatic heterocycles. The number of benzene rings is 10. The van der Waals surface area contributed by atoms with Crippen molar-refractivity contribution in [2.45, 2.75) is 0 Å². The van der Waals surface area contributed by atoms with Gasteiger partial charge in [0.05, 0.1) is 0 Å². The second-order valence-electron chi connectivity index (χ2n) is 14.0. The topological polar surface area (TPSA) is 0 Å². The second-order valence-corrected chi connectivity index (χ2v) is 14.0. The molecule has 0 spiro atoms. The summed E-state index contributed by atoms with van der Waals surface area (Å²) in [6.07, 6.45) is 0. The van der Waals surface area contributed by atoms with Crippen molar-refractivity contribution in [3.63, 3.8) is 0 Å². The molecule has 252 valence electrons. The average molecular weight is 685 g/mol. The Hall–Kier alpha value is -7.02. The Morgan fingerprint density at radius 1 is 0.185 bits per heavy atom. The minimum Gasteiger partial charge on any atom is -0.0622 e. The van der Waals surface area contributed by atoms with Gasteiger partial charge in [-0.15, -0.1) is 0 Å². The van der Waals surface area contributed by atoms with E-state index in [1.54, 1.807) is 0 Å². The molecule has 10 aromatic carbocycles. The van der Waals surface area contributed by atoms with Gasteiger partial charge in [0.15, 0.2) is 0 Å². The lowest BCUT2D eigenvalue weighted by atomic mass is 9.82. The van der Waals surface area contributed by atoms with E-state index in [9.17, 15) is 0 Å². The maximum Gasteiger partial charge on any atom is -0.00204 e. The van der Waals surface area contributed by atoms with Crippen LogP contribution in [0.3, 0.4) is 0 Å². The van der Waals surface area contributed by atoms with Crippen LogP contribution >= 0.6 is 0 Å². The highest BCUT2D eigenvalue weighted by atomic mass is 14.2. The van der Waals surface area contributed by atoms with E-state index in [0.29, 0.717) is 0 Å². The molecule has 0 atom stereocenters. The van der Waals surface area contributed by atoms with Crippen LogP contribution in [0.25, 0.3) is 99.1 Å². The maximum atomic E-state index is 2.45. The van der Waals surface area contributed by atoms with E-state index in [4.69, 9.17) is 0 Å². The van der Waals surface area contributed by atoms with Crippen LogP contribution in [0.15, 0.2) is 218 Å². The molecule has 0 radical (unpaired) electrons. The number of hydrogen-bond acceptors (Lipinski definition) is 0. The Labute approximate surface area is 316 Å². The molecule has 0 heteroatoms. The first-order valence-corrected chi connectivity index (χ1v) is 18.7. The van der Waals surface area contributed by atoms with Crippen molar-refractivity contribution in [3.8, 4) is 66.8 Å². The summed E-state index contributed by atoms with van der Waals surface area (Å²) in [4.78, 5) is 0. The molecular formula is C54H36. The monoisotopic (exact) mass is 684 g/mol. The summed E-state index contributed by atoms with van der Waals surface area (Å²) in [5.41, 5.74) is 14.8. The maximum absolute atomic E-state index is 2.45. The quantitative estimate of drug-likeness (QED) is 0.153. The predicted octanol–water partition coefficient (Wildman–Crippen LogP) is 15.1. The van der Waals surface area contributed by atoms with Crippen molar-refractivity contribution < 1.29 is 0 Å².